The third-order valence-electron chi connectivity index (χ3n) is 3.20. The molecule has 0 aliphatic heterocycles. The van der Waals surface area contributed by atoms with Crippen LogP contribution in [0.4, 0.5) is 0 Å². The van der Waals surface area contributed by atoms with Gasteiger partial charge in [-0.25, -0.2) is 5.43 Å². The Kier molecular flexibility index (Phi) is 5.01. The maximum absolute atomic E-state index is 6.19. The summed E-state index contributed by atoms with van der Waals surface area (Å²) >= 11 is 6.19. The molecule has 3 nitrogen and oxygen atoms in total. The molecule has 0 aliphatic rings. The Hall–Kier alpha value is -1.55. The molecule has 2 rings (SSSR count). The van der Waals surface area contributed by atoms with Crippen LogP contribution in [0.1, 0.15) is 29.7 Å². The van der Waals surface area contributed by atoms with Gasteiger partial charge in [-0.05, 0) is 48.7 Å². The zero-order valence-electron chi connectivity index (χ0n) is 11.7. The number of ether oxygens (including phenoxy) is 1. The van der Waals surface area contributed by atoms with E-state index in [-0.39, 0.29) is 6.04 Å². The van der Waals surface area contributed by atoms with Crippen LogP contribution in [-0.4, -0.2) is 6.61 Å². The Bertz CT molecular complexity index is 586. The van der Waals surface area contributed by atoms with Crippen LogP contribution in [-0.2, 0) is 0 Å². The van der Waals surface area contributed by atoms with Crippen LogP contribution in [0.5, 0.6) is 5.75 Å². The van der Waals surface area contributed by atoms with E-state index in [0.29, 0.717) is 6.61 Å². The van der Waals surface area contributed by atoms with E-state index in [1.54, 1.807) is 0 Å². The molecule has 106 valence electrons. The molecule has 0 bridgehead atoms. The van der Waals surface area contributed by atoms with Crippen LogP contribution in [0.3, 0.4) is 0 Å². The van der Waals surface area contributed by atoms with Crippen LogP contribution < -0.4 is 16.0 Å². The Morgan fingerprint density at radius 1 is 1.20 bits per heavy atom. The van der Waals surface area contributed by atoms with Crippen molar-refractivity contribution in [3.8, 4) is 5.75 Å². The summed E-state index contributed by atoms with van der Waals surface area (Å²) in [5.41, 5.74) is 5.95. The first-order chi connectivity index (χ1) is 9.65. The molecule has 0 radical (unpaired) electrons. The summed E-state index contributed by atoms with van der Waals surface area (Å²) in [6.45, 7) is 4.58. The van der Waals surface area contributed by atoms with Gasteiger partial charge < -0.3 is 4.74 Å². The Morgan fingerprint density at radius 3 is 2.60 bits per heavy atom. The number of nitrogens with one attached hydrogen (secondary N) is 1. The highest BCUT2D eigenvalue weighted by atomic mass is 35.5. The third kappa shape index (κ3) is 3.31. The maximum Gasteiger partial charge on any atom is 0.119 e. The third-order valence-corrected chi connectivity index (χ3v) is 3.61. The first-order valence-electron chi connectivity index (χ1n) is 6.60. The average Bonchev–Trinajstić information content (AvgIpc) is 2.44. The summed E-state index contributed by atoms with van der Waals surface area (Å²) in [5.74, 6) is 6.55. The minimum absolute atomic E-state index is 0.117. The van der Waals surface area contributed by atoms with Crippen molar-refractivity contribution < 1.29 is 4.74 Å². The lowest BCUT2D eigenvalue weighted by atomic mass is 9.98. The summed E-state index contributed by atoms with van der Waals surface area (Å²) in [5, 5.41) is 0.740. The molecule has 0 heterocycles. The van der Waals surface area contributed by atoms with Crippen molar-refractivity contribution in [1.29, 1.82) is 0 Å². The highest BCUT2D eigenvalue weighted by Crippen LogP contribution is 2.27. The zero-order chi connectivity index (χ0) is 14.5. The number of hydrogen-bond donors (Lipinski definition) is 2. The Balaban J connectivity index is 2.36. The lowest BCUT2D eigenvalue weighted by molar-refractivity contribution is 0.339. The molecule has 0 fully saturated rings. The largest absolute Gasteiger partial charge is 0.494 e. The minimum atomic E-state index is -0.117. The van der Waals surface area contributed by atoms with Gasteiger partial charge in [-0.3, -0.25) is 5.84 Å². The summed E-state index contributed by atoms with van der Waals surface area (Å²) in [6.07, 6.45) is 0. The number of halogens is 1. The summed E-state index contributed by atoms with van der Waals surface area (Å²) in [4.78, 5) is 0. The van der Waals surface area contributed by atoms with Crippen LogP contribution in [0.2, 0.25) is 5.02 Å². The van der Waals surface area contributed by atoms with Crippen molar-refractivity contribution in [3.63, 3.8) is 0 Å². The molecule has 0 spiro atoms. The lowest BCUT2D eigenvalue weighted by Gasteiger charge is -2.18. The molecule has 20 heavy (non-hydrogen) atoms. The minimum Gasteiger partial charge on any atom is -0.494 e. The van der Waals surface area contributed by atoms with E-state index in [9.17, 15) is 0 Å². The van der Waals surface area contributed by atoms with E-state index in [4.69, 9.17) is 22.2 Å². The topological polar surface area (TPSA) is 47.3 Å². The van der Waals surface area contributed by atoms with Crippen molar-refractivity contribution in [3.05, 3.63) is 64.2 Å². The van der Waals surface area contributed by atoms with E-state index in [1.165, 1.54) is 0 Å². The van der Waals surface area contributed by atoms with Crippen LogP contribution in [0.15, 0.2) is 42.5 Å². The number of nitrogens with two attached hydrogens (primary N) is 1. The molecular weight excluding hydrogens is 272 g/mol. The van der Waals surface area contributed by atoms with Crippen LogP contribution in [0.25, 0.3) is 0 Å². The molecule has 2 aromatic rings. The van der Waals surface area contributed by atoms with Gasteiger partial charge in [0.1, 0.15) is 5.75 Å². The SMILES string of the molecule is CCOc1cccc(C(NN)c2ccc(C)c(Cl)c2)c1. The molecule has 1 atom stereocenters. The number of aryl methyl sites for hydroxylation is 1. The maximum atomic E-state index is 6.19. The molecule has 0 saturated heterocycles. The van der Waals surface area contributed by atoms with Gasteiger partial charge in [-0.2, -0.15) is 0 Å². The van der Waals surface area contributed by atoms with E-state index < -0.39 is 0 Å². The van der Waals surface area contributed by atoms with Crippen molar-refractivity contribution in [2.45, 2.75) is 19.9 Å². The van der Waals surface area contributed by atoms with Gasteiger partial charge in [0.15, 0.2) is 0 Å². The van der Waals surface area contributed by atoms with Crippen molar-refractivity contribution in [2.75, 3.05) is 6.61 Å². The summed E-state index contributed by atoms with van der Waals surface area (Å²) in [6, 6.07) is 13.7. The molecular formula is C16H19ClN2O. The van der Waals surface area contributed by atoms with Gasteiger partial charge in [0.25, 0.3) is 0 Å². The molecule has 1 unspecified atom stereocenters. The fraction of sp³-hybridized carbons (Fsp3) is 0.250. The fourth-order valence-electron chi connectivity index (χ4n) is 2.12. The van der Waals surface area contributed by atoms with E-state index >= 15 is 0 Å². The molecule has 0 saturated carbocycles. The summed E-state index contributed by atoms with van der Waals surface area (Å²) < 4.78 is 5.53. The second-order valence-electron chi connectivity index (χ2n) is 4.61. The number of hydrazine groups is 1. The molecule has 3 N–H and O–H groups in total. The molecule has 4 heteroatoms. The highest BCUT2D eigenvalue weighted by molar-refractivity contribution is 6.31. The van der Waals surface area contributed by atoms with E-state index in [1.807, 2.05) is 56.3 Å². The highest BCUT2D eigenvalue weighted by Gasteiger charge is 2.14. The number of hydrogen-bond acceptors (Lipinski definition) is 3. The van der Waals surface area contributed by atoms with Gasteiger partial charge in [0, 0.05) is 5.02 Å². The Labute approximate surface area is 124 Å². The smallest absolute Gasteiger partial charge is 0.119 e. The first-order valence-corrected chi connectivity index (χ1v) is 6.98. The predicted octanol–water partition coefficient (Wildman–Crippen LogP) is 3.60. The van der Waals surface area contributed by atoms with Crippen molar-refractivity contribution in [2.24, 2.45) is 5.84 Å². The van der Waals surface area contributed by atoms with Gasteiger partial charge in [0.05, 0.1) is 12.6 Å². The molecule has 0 amide bonds. The molecule has 0 aliphatic carbocycles. The molecule has 0 aromatic heterocycles. The first kappa shape index (κ1) is 14.9. The van der Waals surface area contributed by atoms with Crippen LogP contribution >= 0.6 is 11.6 Å². The quantitative estimate of drug-likeness (QED) is 0.653. The average molecular weight is 291 g/mol. The Morgan fingerprint density at radius 2 is 1.95 bits per heavy atom. The monoisotopic (exact) mass is 290 g/mol. The lowest BCUT2D eigenvalue weighted by Crippen LogP contribution is -2.28. The van der Waals surface area contributed by atoms with E-state index in [0.717, 1.165) is 27.5 Å². The van der Waals surface area contributed by atoms with E-state index in [2.05, 4.69) is 5.43 Å². The predicted molar refractivity (Wildman–Crippen MR) is 83.0 cm³/mol. The standard InChI is InChI=1S/C16H19ClN2O/c1-3-20-14-6-4-5-12(9-14)16(19-18)13-8-7-11(2)15(17)10-13/h4-10,16,19H,3,18H2,1-2H3. The molecule has 2 aromatic carbocycles. The van der Waals surface area contributed by atoms with Crippen molar-refractivity contribution in [1.82, 2.24) is 5.43 Å². The van der Waals surface area contributed by atoms with Crippen LogP contribution in [0, 0.1) is 6.92 Å². The second-order valence-corrected chi connectivity index (χ2v) is 5.02. The summed E-state index contributed by atoms with van der Waals surface area (Å²) in [7, 11) is 0. The van der Waals surface area contributed by atoms with Gasteiger partial charge in [-0.15, -0.1) is 0 Å². The van der Waals surface area contributed by atoms with Crippen molar-refractivity contribution >= 4 is 11.6 Å². The fourth-order valence-corrected chi connectivity index (χ4v) is 2.31. The normalized spacial score (nSPS) is 12.2. The second kappa shape index (κ2) is 6.75. The zero-order valence-corrected chi connectivity index (χ0v) is 12.4. The van der Waals surface area contributed by atoms with Gasteiger partial charge >= 0.3 is 0 Å². The number of benzene rings is 2. The van der Waals surface area contributed by atoms with Gasteiger partial charge in [-0.1, -0.05) is 35.9 Å². The number of rotatable bonds is 5. The van der Waals surface area contributed by atoms with Gasteiger partial charge in [0.2, 0.25) is 0 Å².